The first-order valence-electron chi connectivity index (χ1n) is 9.44. The number of carbonyl (C=O) groups is 1. The molecule has 0 aromatic heterocycles. The molecule has 24 heavy (non-hydrogen) atoms. The Morgan fingerprint density at radius 1 is 1.21 bits per heavy atom. The lowest BCUT2D eigenvalue weighted by atomic mass is 9.79. The topological polar surface area (TPSA) is 61.4 Å². The third-order valence-electron chi connectivity index (χ3n) is 6.75. The first-order valence-corrected chi connectivity index (χ1v) is 9.44. The highest BCUT2D eigenvalue weighted by Gasteiger charge is 2.53. The first kappa shape index (κ1) is 15.9. The molecule has 3 aliphatic rings. The van der Waals surface area contributed by atoms with E-state index in [-0.39, 0.29) is 12.5 Å². The predicted octanol–water partition coefficient (Wildman–Crippen LogP) is 2.95. The van der Waals surface area contributed by atoms with Crippen molar-refractivity contribution in [2.45, 2.75) is 45.1 Å². The minimum atomic E-state index is -0.103. The van der Waals surface area contributed by atoms with Crippen LogP contribution in [0.1, 0.15) is 48.0 Å². The normalized spacial score (nSPS) is 33.5. The molecule has 5 atom stereocenters. The average Bonchev–Trinajstić information content (AvgIpc) is 3.27. The van der Waals surface area contributed by atoms with Gasteiger partial charge in [0, 0.05) is 23.8 Å². The molecule has 0 spiro atoms. The van der Waals surface area contributed by atoms with Crippen LogP contribution in [-0.4, -0.2) is 30.2 Å². The quantitative estimate of drug-likeness (QED) is 0.779. The summed E-state index contributed by atoms with van der Waals surface area (Å²) in [6, 6.07) is 6.48. The molecule has 5 unspecified atom stereocenters. The first-order chi connectivity index (χ1) is 11.7. The van der Waals surface area contributed by atoms with Gasteiger partial charge in [-0.2, -0.15) is 0 Å². The average molecular weight is 328 g/mol. The third-order valence-corrected chi connectivity index (χ3v) is 6.75. The van der Waals surface area contributed by atoms with Crippen LogP contribution < -0.4 is 10.6 Å². The van der Waals surface area contributed by atoms with Crippen LogP contribution in [0.5, 0.6) is 0 Å². The van der Waals surface area contributed by atoms with Crippen LogP contribution in [0.2, 0.25) is 0 Å². The molecule has 0 radical (unpaired) electrons. The van der Waals surface area contributed by atoms with Gasteiger partial charge >= 0.3 is 0 Å². The molecule has 3 aliphatic carbocycles. The molecule has 4 heteroatoms. The number of hydrogen-bond acceptors (Lipinski definition) is 3. The lowest BCUT2D eigenvalue weighted by Crippen LogP contribution is -2.34. The number of hydrogen-bond donors (Lipinski definition) is 3. The van der Waals surface area contributed by atoms with E-state index in [0.717, 1.165) is 34.9 Å². The van der Waals surface area contributed by atoms with Crippen LogP contribution >= 0.6 is 0 Å². The van der Waals surface area contributed by atoms with Crippen molar-refractivity contribution < 1.29 is 9.90 Å². The highest BCUT2D eigenvalue weighted by Crippen LogP contribution is 2.59. The summed E-state index contributed by atoms with van der Waals surface area (Å²) in [7, 11) is 0. The Kier molecular flexibility index (Phi) is 4.25. The molecule has 4 rings (SSSR count). The minimum Gasteiger partial charge on any atom is -0.395 e. The molecule has 2 bridgehead atoms. The summed E-state index contributed by atoms with van der Waals surface area (Å²) < 4.78 is 0. The molecule has 0 aliphatic heterocycles. The zero-order valence-corrected chi connectivity index (χ0v) is 14.4. The third kappa shape index (κ3) is 2.61. The summed E-state index contributed by atoms with van der Waals surface area (Å²) in [4.78, 5) is 12.2. The van der Waals surface area contributed by atoms with E-state index in [1.54, 1.807) is 0 Å². The largest absolute Gasteiger partial charge is 0.395 e. The van der Waals surface area contributed by atoms with E-state index in [2.05, 4.69) is 16.7 Å². The second-order valence-electron chi connectivity index (χ2n) is 7.86. The summed E-state index contributed by atoms with van der Waals surface area (Å²) >= 11 is 0. The van der Waals surface area contributed by atoms with Crippen molar-refractivity contribution in [1.82, 2.24) is 5.32 Å². The summed E-state index contributed by atoms with van der Waals surface area (Å²) in [6.07, 6.45) is 7.01. The maximum absolute atomic E-state index is 12.2. The molecule has 3 N–H and O–H groups in total. The van der Waals surface area contributed by atoms with E-state index in [1.165, 1.54) is 32.1 Å². The Bertz CT molecular complexity index is 630. The SMILES string of the molecule is Cc1c(NC2CC3CC2C2CCCC32)cccc1C(=O)NCCO. The van der Waals surface area contributed by atoms with Crippen LogP contribution in [-0.2, 0) is 0 Å². The summed E-state index contributed by atoms with van der Waals surface area (Å²) in [6.45, 7) is 2.28. The van der Waals surface area contributed by atoms with Crippen molar-refractivity contribution >= 4 is 11.6 Å². The van der Waals surface area contributed by atoms with E-state index < -0.39 is 0 Å². The Balaban J connectivity index is 1.48. The van der Waals surface area contributed by atoms with Gasteiger partial charge in [0.1, 0.15) is 0 Å². The number of benzene rings is 1. The smallest absolute Gasteiger partial charge is 0.251 e. The predicted molar refractivity (Wildman–Crippen MR) is 95.1 cm³/mol. The van der Waals surface area contributed by atoms with Crippen molar-refractivity contribution in [3.05, 3.63) is 29.3 Å². The number of carbonyl (C=O) groups excluding carboxylic acids is 1. The molecule has 1 amide bonds. The molecule has 0 heterocycles. The van der Waals surface area contributed by atoms with E-state index >= 15 is 0 Å². The molecule has 1 aromatic carbocycles. The van der Waals surface area contributed by atoms with Gasteiger partial charge in [-0.3, -0.25) is 4.79 Å². The maximum atomic E-state index is 12.2. The summed E-state index contributed by atoms with van der Waals surface area (Å²) in [5, 5.41) is 15.4. The maximum Gasteiger partial charge on any atom is 0.251 e. The van der Waals surface area contributed by atoms with Gasteiger partial charge in [0.15, 0.2) is 0 Å². The summed E-state index contributed by atoms with van der Waals surface area (Å²) in [5.74, 6) is 3.60. The Morgan fingerprint density at radius 2 is 2.04 bits per heavy atom. The van der Waals surface area contributed by atoms with Gasteiger partial charge in [-0.15, -0.1) is 0 Å². The lowest BCUT2D eigenvalue weighted by Gasteiger charge is -2.33. The molecule has 130 valence electrons. The Morgan fingerprint density at radius 3 is 2.88 bits per heavy atom. The van der Waals surface area contributed by atoms with Crippen LogP contribution in [0.25, 0.3) is 0 Å². The number of aliphatic hydroxyl groups excluding tert-OH is 1. The summed E-state index contributed by atoms with van der Waals surface area (Å²) in [5.41, 5.74) is 2.81. The van der Waals surface area contributed by atoms with Crippen LogP contribution in [0.3, 0.4) is 0 Å². The van der Waals surface area contributed by atoms with E-state index in [9.17, 15) is 4.79 Å². The van der Waals surface area contributed by atoms with Gasteiger partial charge in [0.05, 0.1) is 6.61 Å². The monoisotopic (exact) mass is 328 g/mol. The molecule has 1 aromatic rings. The zero-order chi connectivity index (χ0) is 16.7. The van der Waals surface area contributed by atoms with E-state index in [4.69, 9.17) is 5.11 Å². The molecule has 4 nitrogen and oxygen atoms in total. The molecule has 3 saturated carbocycles. The number of amides is 1. The number of rotatable bonds is 5. The second-order valence-corrected chi connectivity index (χ2v) is 7.86. The van der Waals surface area contributed by atoms with Crippen LogP contribution in [0.4, 0.5) is 5.69 Å². The zero-order valence-electron chi connectivity index (χ0n) is 14.4. The molecule has 3 fully saturated rings. The number of nitrogens with one attached hydrogen (secondary N) is 2. The lowest BCUT2D eigenvalue weighted by molar-refractivity contribution is 0.0944. The van der Waals surface area contributed by atoms with Gasteiger partial charge in [0.2, 0.25) is 0 Å². The molecular weight excluding hydrogens is 300 g/mol. The van der Waals surface area contributed by atoms with Crippen molar-refractivity contribution in [3.63, 3.8) is 0 Å². The van der Waals surface area contributed by atoms with Gasteiger partial charge in [-0.1, -0.05) is 12.5 Å². The number of anilines is 1. The Labute approximate surface area is 144 Å². The number of aliphatic hydroxyl groups is 1. The number of fused-ring (bicyclic) bond motifs is 5. The molecule has 0 saturated heterocycles. The highest BCUT2D eigenvalue weighted by atomic mass is 16.3. The highest BCUT2D eigenvalue weighted by molar-refractivity contribution is 5.97. The minimum absolute atomic E-state index is 0.0313. The van der Waals surface area contributed by atoms with Gasteiger partial charge < -0.3 is 15.7 Å². The van der Waals surface area contributed by atoms with Crippen LogP contribution in [0.15, 0.2) is 18.2 Å². The molecular formula is C20H28N2O2. The van der Waals surface area contributed by atoms with Gasteiger partial charge in [-0.05, 0) is 74.0 Å². The van der Waals surface area contributed by atoms with E-state index in [1.807, 2.05) is 19.1 Å². The van der Waals surface area contributed by atoms with Crippen molar-refractivity contribution in [1.29, 1.82) is 0 Å². The van der Waals surface area contributed by atoms with E-state index in [0.29, 0.717) is 18.2 Å². The van der Waals surface area contributed by atoms with Crippen molar-refractivity contribution in [2.75, 3.05) is 18.5 Å². The van der Waals surface area contributed by atoms with Crippen molar-refractivity contribution in [3.8, 4) is 0 Å². The Hall–Kier alpha value is -1.55. The van der Waals surface area contributed by atoms with Crippen LogP contribution in [0, 0.1) is 30.6 Å². The second kappa shape index (κ2) is 6.40. The fourth-order valence-corrected chi connectivity index (χ4v) is 5.74. The van der Waals surface area contributed by atoms with Gasteiger partial charge in [-0.25, -0.2) is 0 Å². The fraction of sp³-hybridized carbons (Fsp3) is 0.650. The van der Waals surface area contributed by atoms with Crippen molar-refractivity contribution in [2.24, 2.45) is 23.7 Å². The van der Waals surface area contributed by atoms with Gasteiger partial charge in [0.25, 0.3) is 5.91 Å². The standard InChI is InChI=1S/C20H28N2O2/c1-12-14(20(24)21-8-9-23)4-3-7-18(12)22-19-11-13-10-17(19)16-6-2-5-15(13)16/h3-4,7,13,15-17,19,22-23H,2,5-6,8-11H2,1H3,(H,21,24). The fourth-order valence-electron chi connectivity index (χ4n) is 5.74.